The van der Waals surface area contributed by atoms with E-state index in [-0.39, 0.29) is 5.54 Å². The van der Waals surface area contributed by atoms with E-state index in [1.165, 1.54) is 11.9 Å². The van der Waals surface area contributed by atoms with Crippen LogP contribution in [0.3, 0.4) is 0 Å². The lowest BCUT2D eigenvalue weighted by atomic mass is 10.3. The summed E-state index contributed by atoms with van der Waals surface area (Å²) in [6.07, 6.45) is 3.54. The van der Waals surface area contributed by atoms with Gasteiger partial charge in [0.25, 0.3) is 0 Å². The van der Waals surface area contributed by atoms with E-state index < -0.39 is 0 Å². The molecule has 0 radical (unpaired) electrons. The molecular weight excluding hydrogens is 268 g/mol. The number of nitrogens with zero attached hydrogens (tertiary/aromatic N) is 3. The smallest absolute Gasteiger partial charge is 0.116 e. The average Bonchev–Trinajstić information content (AvgIpc) is 3.06. The summed E-state index contributed by atoms with van der Waals surface area (Å²) in [4.78, 5) is 5.23. The van der Waals surface area contributed by atoms with Crippen LogP contribution in [0.5, 0.6) is 0 Å². The van der Waals surface area contributed by atoms with Gasteiger partial charge in [-0.1, -0.05) is 11.6 Å². The summed E-state index contributed by atoms with van der Waals surface area (Å²) in [6.45, 7) is 1.95. The Morgan fingerprint density at radius 2 is 2.33 bits per heavy atom. The first-order valence-corrected chi connectivity index (χ1v) is 6.81. The maximum Gasteiger partial charge on any atom is 0.116 e. The van der Waals surface area contributed by atoms with Crippen LogP contribution >= 0.6 is 23.5 Å². The Morgan fingerprint density at radius 3 is 3.00 bits per heavy atom. The Bertz CT molecular complexity index is 654. The lowest BCUT2D eigenvalue weighted by molar-refractivity contribution is 0.799. The molecule has 0 bridgehead atoms. The molecule has 1 aliphatic rings. The number of hydrogen-bond donors (Lipinski definition) is 1. The van der Waals surface area contributed by atoms with Crippen molar-refractivity contribution >= 4 is 29.1 Å². The largest absolute Gasteiger partial charge is 0.289 e. The van der Waals surface area contributed by atoms with Gasteiger partial charge < -0.3 is 0 Å². The maximum absolute atomic E-state index is 9.01. The zero-order valence-electron chi connectivity index (χ0n) is 9.77. The van der Waals surface area contributed by atoms with Crippen LogP contribution in [0.25, 0.3) is 5.52 Å². The molecule has 0 unspecified atom stereocenters. The third kappa shape index (κ3) is 1.97. The molecule has 1 saturated carbocycles. The van der Waals surface area contributed by atoms with Gasteiger partial charge in [0.15, 0.2) is 0 Å². The van der Waals surface area contributed by atoms with Gasteiger partial charge in [-0.3, -0.25) is 4.40 Å². The summed E-state index contributed by atoms with van der Waals surface area (Å²) in [5.74, 6) is 0. The Labute approximate surface area is 114 Å². The summed E-state index contributed by atoms with van der Waals surface area (Å²) >= 11 is 7.65. The number of halogens is 1. The molecule has 0 amide bonds. The lowest BCUT2D eigenvalue weighted by Crippen LogP contribution is -2.22. The summed E-state index contributed by atoms with van der Waals surface area (Å²) in [5.41, 5.74) is 1.60. The second-order valence-corrected chi connectivity index (χ2v) is 5.76. The zero-order valence-corrected chi connectivity index (χ0v) is 11.3. The van der Waals surface area contributed by atoms with Crippen LogP contribution in [0.2, 0.25) is 5.15 Å². The molecule has 1 aliphatic carbocycles. The fourth-order valence-electron chi connectivity index (χ4n) is 1.73. The van der Waals surface area contributed by atoms with Crippen molar-refractivity contribution in [3.63, 3.8) is 0 Å². The molecule has 6 heteroatoms. The molecule has 1 N–H and O–H groups in total. The number of imidazole rings is 1. The number of rotatable bonds is 3. The van der Waals surface area contributed by atoms with Crippen molar-refractivity contribution in [3.8, 4) is 6.07 Å². The van der Waals surface area contributed by atoms with E-state index in [4.69, 9.17) is 16.9 Å². The number of aryl methyl sites for hydroxylation is 1. The summed E-state index contributed by atoms with van der Waals surface area (Å²) < 4.78 is 5.05. The Balaban J connectivity index is 1.88. The molecule has 18 heavy (non-hydrogen) atoms. The molecule has 92 valence electrons. The minimum absolute atomic E-state index is 0.335. The summed E-state index contributed by atoms with van der Waals surface area (Å²) in [7, 11) is 0. The van der Waals surface area contributed by atoms with Crippen LogP contribution in [0.4, 0.5) is 0 Å². The first-order chi connectivity index (χ1) is 8.63. The molecule has 2 aromatic rings. The van der Waals surface area contributed by atoms with Crippen molar-refractivity contribution in [2.24, 2.45) is 0 Å². The highest BCUT2D eigenvalue weighted by Gasteiger charge is 2.43. The Kier molecular flexibility index (Phi) is 2.74. The first kappa shape index (κ1) is 11.8. The van der Waals surface area contributed by atoms with Gasteiger partial charge in [-0.25, -0.2) is 9.71 Å². The fourth-order valence-corrected chi connectivity index (χ4v) is 2.95. The molecule has 3 rings (SSSR count). The Morgan fingerprint density at radius 1 is 1.56 bits per heavy atom. The highest BCUT2D eigenvalue weighted by molar-refractivity contribution is 7.97. The van der Waals surface area contributed by atoms with Crippen LogP contribution in [0.15, 0.2) is 23.4 Å². The van der Waals surface area contributed by atoms with Gasteiger partial charge in [0.1, 0.15) is 17.0 Å². The summed E-state index contributed by atoms with van der Waals surface area (Å²) in [5, 5.41) is 9.63. The topological polar surface area (TPSA) is 53.1 Å². The number of hydrogen-bond acceptors (Lipinski definition) is 4. The standard InChI is InChI=1S/C12H11ClN4S/c1-8-10-4-9(5-11(13)17(10)7-15-8)18-16-12(6-14)2-3-12/h4-5,7,16H,2-3H2,1H3. The van der Waals surface area contributed by atoms with Crippen LogP contribution in [-0.4, -0.2) is 14.9 Å². The number of aromatic nitrogens is 2. The molecule has 2 aromatic heterocycles. The fraction of sp³-hybridized carbons (Fsp3) is 0.333. The average molecular weight is 279 g/mol. The third-order valence-electron chi connectivity index (χ3n) is 3.10. The van der Waals surface area contributed by atoms with Gasteiger partial charge in [0.05, 0.1) is 17.3 Å². The van der Waals surface area contributed by atoms with Crippen molar-refractivity contribution in [1.82, 2.24) is 14.1 Å². The first-order valence-electron chi connectivity index (χ1n) is 5.62. The maximum atomic E-state index is 9.01. The van der Waals surface area contributed by atoms with Crippen molar-refractivity contribution in [1.29, 1.82) is 5.26 Å². The van der Waals surface area contributed by atoms with E-state index in [1.807, 2.05) is 23.5 Å². The molecule has 0 saturated heterocycles. The number of nitriles is 1. The van der Waals surface area contributed by atoms with Crippen molar-refractivity contribution < 1.29 is 0 Å². The van der Waals surface area contributed by atoms with Gasteiger partial charge in [0.2, 0.25) is 0 Å². The lowest BCUT2D eigenvalue weighted by Gasteiger charge is -2.09. The molecule has 2 heterocycles. The van der Waals surface area contributed by atoms with Gasteiger partial charge in [0, 0.05) is 4.90 Å². The normalized spacial score (nSPS) is 16.7. The second kappa shape index (κ2) is 4.16. The minimum Gasteiger partial charge on any atom is -0.289 e. The zero-order chi connectivity index (χ0) is 12.8. The van der Waals surface area contributed by atoms with Gasteiger partial charge in [-0.15, -0.1) is 0 Å². The highest BCUT2D eigenvalue weighted by atomic mass is 35.5. The van der Waals surface area contributed by atoms with E-state index in [1.54, 1.807) is 6.33 Å². The van der Waals surface area contributed by atoms with E-state index in [0.717, 1.165) is 28.9 Å². The van der Waals surface area contributed by atoms with E-state index in [0.29, 0.717) is 5.15 Å². The Hall–Kier alpha value is -1.22. The molecule has 0 aromatic carbocycles. The highest BCUT2D eigenvalue weighted by Crippen LogP contribution is 2.38. The van der Waals surface area contributed by atoms with Gasteiger partial charge in [-0.2, -0.15) is 5.26 Å². The number of fused-ring (bicyclic) bond motifs is 1. The van der Waals surface area contributed by atoms with Crippen molar-refractivity contribution in [3.05, 3.63) is 29.3 Å². The molecule has 4 nitrogen and oxygen atoms in total. The quantitative estimate of drug-likeness (QED) is 0.693. The number of nitrogens with one attached hydrogen (secondary N) is 1. The summed E-state index contributed by atoms with van der Waals surface area (Å²) in [6, 6.07) is 6.20. The predicted octanol–water partition coefficient (Wildman–Crippen LogP) is 2.95. The van der Waals surface area contributed by atoms with Crippen LogP contribution in [-0.2, 0) is 0 Å². The van der Waals surface area contributed by atoms with Crippen LogP contribution in [0, 0.1) is 18.3 Å². The monoisotopic (exact) mass is 278 g/mol. The third-order valence-corrected chi connectivity index (χ3v) is 4.35. The SMILES string of the molecule is Cc1ncn2c(Cl)cc(SNC3(C#N)CC3)cc12. The molecule has 1 fully saturated rings. The molecule has 0 aliphatic heterocycles. The minimum atomic E-state index is -0.335. The van der Waals surface area contributed by atoms with E-state index in [9.17, 15) is 0 Å². The number of pyridine rings is 1. The van der Waals surface area contributed by atoms with Crippen LogP contribution in [0.1, 0.15) is 18.5 Å². The predicted molar refractivity (Wildman–Crippen MR) is 71.5 cm³/mol. The van der Waals surface area contributed by atoms with Crippen molar-refractivity contribution in [2.45, 2.75) is 30.2 Å². The van der Waals surface area contributed by atoms with E-state index >= 15 is 0 Å². The molecule has 0 spiro atoms. The van der Waals surface area contributed by atoms with Crippen molar-refractivity contribution in [2.75, 3.05) is 0 Å². The molecule has 0 atom stereocenters. The van der Waals surface area contributed by atoms with Crippen LogP contribution < -0.4 is 4.72 Å². The van der Waals surface area contributed by atoms with E-state index in [2.05, 4.69) is 15.8 Å². The van der Waals surface area contributed by atoms with Gasteiger partial charge in [-0.05, 0) is 43.8 Å². The molecular formula is C12H11ClN4S. The second-order valence-electron chi connectivity index (χ2n) is 4.50. The van der Waals surface area contributed by atoms with Gasteiger partial charge >= 0.3 is 0 Å².